The van der Waals surface area contributed by atoms with E-state index in [-0.39, 0.29) is 5.56 Å². The molecule has 1 N–H and O–H groups in total. The monoisotopic (exact) mass is 178 g/mol. The van der Waals surface area contributed by atoms with Crippen molar-refractivity contribution < 1.29 is 0 Å². The lowest BCUT2D eigenvalue weighted by Crippen LogP contribution is -2.21. The van der Waals surface area contributed by atoms with Crippen molar-refractivity contribution in [3.05, 3.63) is 27.7 Å². The minimum absolute atomic E-state index is 0.0833. The number of fused-ring (bicyclic) bond motifs is 1. The minimum atomic E-state index is -0.0833. The van der Waals surface area contributed by atoms with Crippen LogP contribution in [0.1, 0.15) is 37.4 Å². The average molecular weight is 178 g/mol. The highest BCUT2D eigenvalue weighted by Crippen LogP contribution is 2.31. The molecule has 0 amide bonds. The Morgan fingerprint density at radius 2 is 2.31 bits per heavy atom. The molecule has 0 fully saturated rings. The van der Waals surface area contributed by atoms with Gasteiger partial charge < -0.3 is 0 Å². The smallest absolute Gasteiger partial charge is 0.264 e. The molecule has 0 bridgehead atoms. The van der Waals surface area contributed by atoms with Gasteiger partial charge in [-0.1, -0.05) is 13.8 Å². The zero-order valence-electron chi connectivity index (χ0n) is 8.00. The van der Waals surface area contributed by atoms with Crippen LogP contribution < -0.4 is 5.56 Å². The maximum atomic E-state index is 11.0. The summed E-state index contributed by atoms with van der Waals surface area (Å²) in [6.07, 6.45) is 2.17. The Hall–Kier alpha value is -1.12. The topological polar surface area (TPSA) is 45.8 Å². The second-order valence-electron chi connectivity index (χ2n) is 4.09. The Balaban J connectivity index is 2.49. The van der Waals surface area contributed by atoms with Gasteiger partial charge in [-0.15, -0.1) is 0 Å². The third-order valence-corrected chi connectivity index (χ3v) is 2.71. The summed E-state index contributed by atoms with van der Waals surface area (Å²) in [4.78, 5) is 11.0. The van der Waals surface area contributed by atoms with Gasteiger partial charge >= 0.3 is 0 Å². The van der Waals surface area contributed by atoms with Gasteiger partial charge in [0.2, 0.25) is 0 Å². The fourth-order valence-electron chi connectivity index (χ4n) is 2.22. The fraction of sp³-hybridized carbons (Fsp3) is 0.600. The first-order valence-corrected chi connectivity index (χ1v) is 4.75. The molecule has 2 atom stereocenters. The van der Waals surface area contributed by atoms with Crippen molar-refractivity contribution >= 4 is 0 Å². The van der Waals surface area contributed by atoms with Gasteiger partial charge in [0.05, 0.1) is 5.69 Å². The third kappa shape index (κ3) is 1.50. The van der Waals surface area contributed by atoms with E-state index in [0.717, 1.165) is 17.7 Å². The van der Waals surface area contributed by atoms with Gasteiger partial charge in [-0.2, -0.15) is 5.10 Å². The summed E-state index contributed by atoms with van der Waals surface area (Å²) in [6.45, 7) is 4.39. The number of hydrogen-bond donors (Lipinski definition) is 1. The number of rotatable bonds is 0. The molecule has 0 spiro atoms. The van der Waals surface area contributed by atoms with Crippen LogP contribution in [0.4, 0.5) is 0 Å². The van der Waals surface area contributed by atoms with E-state index in [2.05, 4.69) is 24.0 Å². The Morgan fingerprint density at radius 1 is 1.54 bits per heavy atom. The summed E-state index contributed by atoms with van der Waals surface area (Å²) in [5, 5.41) is 6.60. The van der Waals surface area contributed by atoms with Gasteiger partial charge in [-0.25, -0.2) is 5.10 Å². The predicted octanol–water partition coefficient (Wildman–Crippen LogP) is 1.46. The fourth-order valence-corrected chi connectivity index (χ4v) is 2.22. The van der Waals surface area contributed by atoms with Crippen LogP contribution in [0.3, 0.4) is 0 Å². The molecule has 1 heterocycles. The number of nitrogens with one attached hydrogen (secondary N) is 1. The van der Waals surface area contributed by atoms with Crippen molar-refractivity contribution in [2.75, 3.05) is 0 Å². The molecule has 1 aliphatic rings. The molecule has 0 saturated carbocycles. The highest BCUT2D eigenvalue weighted by molar-refractivity contribution is 5.24. The Labute approximate surface area is 77.2 Å². The van der Waals surface area contributed by atoms with Gasteiger partial charge in [0, 0.05) is 12.0 Å². The first kappa shape index (κ1) is 8.48. The van der Waals surface area contributed by atoms with Crippen LogP contribution >= 0.6 is 0 Å². The lowest BCUT2D eigenvalue weighted by molar-refractivity contribution is 0.436. The predicted molar refractivity (Wildman–Crippen MR) is 50.8 cm³/mol. The molecular formula is C10H14N2O. The number of aromatic amines is 1. The van der Waals surface area contributed by atoms with E-state index in [1.54, 1.807) is 6.07 Å². The highest BCUT2D eigenvalue weighted by atomic mass is 16.1. The van der Waals surface area contributed by atoms with E-state index in [1.165, 1.54) is 6.42 Å². The molecule has 2 unspecified atom stereocenters. The van der Waals surface area contributed by atoms with E-state index in [0.29, 0.717) is 11.8 Å². The highest BCUT2D eigenvalue weighted by Gasteiger charge is 2.22. The van der Waals surface area contributed by atoms with Crippen molar-refractivity contribution in [3.63, 3.8) is 0 Å². The lowest BCUT2D eigenvalue weighted by Gasteiger charge is -2.25. The summed E-state index contributed by atoms with van der Waals surface area (Å²) in [5.74, 6) is 1.15. The summed E-state index contributed by atoms with van der Waals surface area (Å²) >= 11 is 0. The second-order valence-corrected chi connectivity index (χ2v) is 4.09. The number of nitrogens with zero attached hydrogens (tertiary/aromatic N) is 1. The number of H-pyrrole nitrogens is 1. The average Bonchev–Trinajstić information content (AvgIpc) is 2.02. The van der Waals surface area contributed by atoms with Crippen molar-refractivity contribution in [1.29, 1.82) is 0 Å². The normalized spacial score (nSPS) is 26.9. The zero-order chi connectivity index (χ0) is 9.42. The molecule has 70 valence electrons. The first-order chi connectivity index (χ1) is 6.16. The Kier molecular flexibility index (Phi) is 1.94. The molecule has 1 aromatic heterocycles. The van der Waals surface area contributed by atoms with Gasteiger partial charge in [0.25, 0.3) is 5.56 Å². The molecule has 0 aliphatic heterocycles. The molecule has 0 saturated heterocycles. The second kappa shape index (κ2) is 2.98. The largest absolute Gasteiger partial charge is 0.268 e. The van der Waals surface area contributed by atoms with Crippen molar-refractivity contribution in [2.45, 2.75) is 32.6 Å². The van der Waals surface area contributed by atoms with Gasteiger partial charge in [0.1, 0.15) is 0 Å². The van der Waals surface area contributed by atoms with E-state index in [4.69, 9.17) is 0 Å². The molecule has 3 heteroatoms. The molecule has 1 aliphatic carbocycles. The van der Waals surface area contributed by atoms with E-state index < -0.39 is 0 Å². The Bertz CT molecular complexity index is 369. The van der Waals surface area contributed by atoms with E-state index >= 15 is 0 Å². The van der Waals surface area contributed by atoms with E-state index in [1.807, 2.05) is 0 Å². The van der Waals surface area contributed by atoms with Crippen molar-refractivity contribution in [1.82, 2.24) is 10.2 Å². The Morgan fingerprint density at radius 3 is 3.08 bits per heavy atom. The molecule has 0 aromatic carbocycles. The van der Waals surface area contributed by atoms with Gasteiger partial charge in [0.15, 0.2) is 0 Å². The van der Waals surface area contributed by atoms with Crippen LogP contribution in [0.25, 0.3) is 0 Å². The molecule has 3 nitrogen and oxygen atoms in total. The number of aromatic nitrogens is 2. The van der Waals surface area contributed by atoms with Crippen LogP contribution in [0.5, 0.6) is 0 Å². The molecule has 2 rings (SSSR count). The van der Waals surface area contributed by atoms with Gasteiger partial charge in [-0.3, -0.25) is 4.79 Å². The molecule has 1 aromatic rings. The molecule has 0 radical (unpaired) electrons. The summed E-state index contributed by atoms with van der Waals surface area (Å²) < 4.78 is 0. The summed E-state index contributed by atoms with van der Waals surface area (Å²) in [5.41, 5.74) is 2.13. The molecule has 13 heavy (non-hydrogen) atoms. The van der Waals surface area contributed by atoms with E-state index in [9.17, 15) is 4.79 Å². The van der Waals surface area contributed by atoms with Crippen LogP contribution in [-0.2, 0) is 6.42 Å². The maximum Gasteiger partial charge on any atom is 0.264 e. The number of hydrogen-bond acceptors (Lipinski definition) is 2. The van der Waals surface area contributed by atoms with Crippen LogP contribution in [0.15, 0.2) is 10.9 Å². The minimum Gasteiger partial charge on any atom is -0.268 e. The van der Waals surface area contributed by atoms with Crippen LogP contribution in [0.2, 0.25) is 0 Å². The van der Waals surface area contributed by atoms with Crippen LogP contribution in [0, 0.1) is 5.92 Å². The first-order valence-electron chi connectivity index (χ1n) is 4.75. The van der Waals surface area contributed by atoms with Crippen molar-refractivity contribution in [2.24, 2.45) is 5.92 Å². The summed E-state index contributed by atoms with van der Waals surface area (Å²) in [7, 11) is 0. The third-order valence-electron chi connectivity index (χ3n) is 2.71. The van der Waals surface area contributed by atoms with Crippen molar-refractivity contribution in [3.8, 4) is 0 Å². The zero-order valence-corrected chi connectivity index (χ0v) is 8.00. The quantitative estimate of drug-likeness (QED) is 0.653. The maximum absolute atomic E-state index is 11.0. The lowest BCUT2D eigenvalue weighted by atomic mass is 9.82. The SMILES string of the molecule is CC1Cc2cc(=O)[nH]nc2C(C)C1. The molecular weight excluding hydrogens is 164 g/mol. The van der Waals surface area contributed by atoms with Crippen LogP contribution in [-0.4, -0.2) is 10.2 Å². The van der Waals surface area contributed by atoms with Gasteiger partial charge in [-0.05, 0) is 24.3 Å². The summed E-state index contributed by atoms with van der Waals surface area (Å²) in [6, 6.07) is 1.69. The standard InChI is InChI=1S/C10H14N2O/c1-6-3-7(2)10-8(4-6)5-9(13)11-12-10/h5-7H,3-4H2,1-2H3,(H,11,13).